The van der Waals surface area contributed by atoms with Crippen molar-refractivity contribution >= 4 is 22.6 Å². The van der Waals surface area contributed by atoms with Gasteiger partial charge in [-0.3, -0.25) is 9.20 Å². The summed E-state index contributed by atoms with van der Waals surface area (Å²) in [6.07, 6.45) is 3.40. The molecular weight excluding hydrogens is 268 g/mol. The number of hydrogen-bond donors (Lipinski definition) is 0. The van der Waals surface area contributed by atoms with Crippen molar-refractivity contribution in [2.24, 2.45) is 0 Å². The molecule has 0 amide bonds. The van der Waals surface area contributed by atoms with Crippen LogP contribution in [0.25, 0.3) is 4.96 Å². The normalized spacial score (nSPS) is 11.2. The number of carbonyl (C=O) groups is 1. The average molecular weight is 284 g/mol. The van der Waals surface area contributed by atoms with Gasteiger partial charge in [-0.25, -0.2) is 4.98 Å². The van der Waals surface area contributed by atoms with Crippen molar-refractivity contribution in [1.29, 1.82) is 0 Å². The van der Waals surface area contributed by atoms with E-state index >= 15 is 0 Å². The number of fused-ring (bicyclic) bond motifs is 1. The van der Waals surface area contributed by atoms with E-state index in [1.807, 2.05) is 4.40 Å². The smallest absolute Gasteiger partial charge is 0.194 e. The summed E-state index contributed by atoms with van der Waals surface area (Å²) in [6.45, 7) is 6.35. The van der Waals surface area contributed by atoms with Gasteiger partial charge in [0, 0.05) is 17.0 Å². The van der Waals surface area contributed by atoms with Crippen molar-refractivity contribution in [2.75, 3.05) is 0 Å². The zero-order valence-corrected chi connectivity index (χ0v) is 12.6. The van der Waals surface area contributed by atoms with Crippen LogP contribution in [0.5, 0.6) is 0 Å². The minimum atomic E-state index is 0.626. The first-order valence-corrected chi connectivity index (χ1v) is 7.39. The zero-order valence-electron chi connectivity index (χ0n) is 11.8. The van der Waals surface area contributed by atoms with Crippen LogP contribution in [0.1, 0.15) is 37.7 Å². The van der Waals surface area contributed by atoms with Crippen LogP contribution in [-0.4, -0.2) is 15.7 Å². The Kier molecular flexibility index (Phi) is 3.18. The molecule has 2 aromatic heterocycles. The lowest BCUT2D eigenvalue weighted by Crippen LogP contribution is -1.97. The van der Waals surface area contributed by atoms with Crippen LogP contribution in [0.2, 0.25) is 0 Å². The molecule has 0 spiro atoms. The van der Waals surface area contributed by atoms with Crippen LogP contribution < -0.4 is 0 Å². The predicted molar refractivity (Wildman–Crippen MR) is 81.9 cm³/mol. The molecule has 0 radical (unpaired) electrons. The SMILES string of the molecule is Cc1cccc(C)c1Cc1sc2ncc(C=O)n2c1C. The molecule has 2 heterocycles. The summed E-state index contributed by atoms with van der Waals surface area (Å²) in [5.41, 5.74) is 5.73. The van der Waals surface area contributed by atoms with Gasteiger partial charge in [0.25, 0.3) is 0 Å². The number of aromatic nitrogens is 2. The van der Waals surface area contributed by atoms with Crippen LogP contribution in [0, 0.1) is 20.8 Å². The lowest BCUT2D eigenvalue weighted by Gasteiger charge is -2.09. The van der Waals surface area contributed by atoms with E-state index in [2.05, 4.69) is 44.0 Å². The third-order valence-corrected chi connectivity index (χ3v) is 4.97. The molecule has 0 saturated carbocycles. The molecule has 0 unspecified atom stereocenters. The predicted octanol–water partition coefficient (Wildman–Crippen LogP) is 3.72. The summed E-state index contributed by atoms with van der Waals surface area (Å²) >= 11 is 1.67. The third kappa shape index (κ3) is 1.96. The van der Waals surface area contributed by atoms with E-state index in [1.54, 1.807) is 17.5 Å². The molecule has 3 aromatic rings. The summed E-state index contributed by atoms with van der Waals surface area (Å²) in [4.78, 5) is 17.5. The maximum absolute atomic E-state index is 11.1. The Morgan fingerprint density at radius 3 is 2.60 bits per heavy atom. The second kappa shape index (κ2) is 4.87. The first kappa shape index (κ1) is 13.1. The molecule has 3 rings (SSSR count). The van der Waals surface area contributed by atoms with Crippen molar-refractivity contribution in [3.05, 3.63) is 57.4 Å². The summed E-state index contributed by atoms with van der Waals surface area (Å²) in [5, 5.41) is 0. The number of hydrogen-bond acceptors (Lipinski definition) is 3. The number of rotatable bonds is 3. The van der Waals surface area contributed by atoms with E-state index in [0.29, 0.717) is 5.69 Å². The Hall–Kier alpha value is -1.94. The number of aryl methyl sites for hydroxylation is 3. The van der Waals surface area contributed by atoms with Crippen molar-refractivity contribution in [3.63, 3.8) is 0 Å². The van der Waals surface area contributed by atoms with Gasteiger partial charge >= 0.3 is 0 Å². The summed E-state index contributed by atoms with van der Waals surface area (Å²) in [5.74, 6) is 0. The fraction of sp³-hybridized carbons (Fsp3) is 0.250. The van der Waals surface area contributed by atoms with E-state index in [-0.39, 0.29) is 0 Å². The standard InChI is InChI=1S/C16H16N2OS/c1-10-5-4-6-11(2)14(10)7-15-12(3)18-13(9-19)8-17-16(18)20-15/h4-6,8-9H,7H2,1-3H3. The second-order valence-electron chi connectivity index (χ2n) is 5.08. The lowest BCUT2D eigenvalue weighted by molar-refractivity contribution is 0.111. The van der Waals surface area contributed by atoms with Gasteiger partial charge < -0.3 is 0 Å². The van der Waals surface area contributed by atoms with Crippen molar-refractivity contribution in [3.8, 4) is 0 Å². The molecule has 3 nitrogen and oxygen atoms in total. The minimum Gasteiger partial charge on any atom is -0.296 e. The van der Waals surface area contributed by atoms with E-state index < -0.39 is 0 Å². The molecule has 4 heteroatoms. The Balaban J connectivity index is 2.09. The van der Waals surface area contributed by atoms with E-state index in [4.69, 9.17) is 0 Å². The molecular formula is C16H16N2OS. The quantitative estimate of drug-likeness (QED) is 0.687. The van der Waals surface area contributed by atoms with E-state index in [0.717, 1.165) is 23.4 Å². The van der Waals surface area contributed by atoms with Crippen LogP contribution in [0.15, 0.2) is 24.4 Å². The molecule has 20 heavy (non-hydrogen) atoms. The summed E-state index contributed by atoms with van der Waals surface area (Å²) in [7, 11) is 0. The minimum absolute atomic E-state index is 0.626. The van der Waals surface area contributed by atoms with Gasteiger partial charge in [-0.15, -0.1) is 11.3 Å². The fourth-order valence-corrected chi connectivity index (χ4v) is 3.72. The molecule has 0 N–H and O–H groups in total. The summed E-state index contributed by atoms with van der Waals surface area (Å²) < 4.78 is 1.95. The largest absolute Gasteiger partial charge is 0.296 e. The summed E-state index contributed by atoms with van der Waals surface area (Å²) in [6, 6.07) is 6.38. The fourth-order valence-electron chi connectivity index (χ4n) is 2.60. The average Bonchev–Trinajstić information content (AvgIpc) is 2.95. The number of aldehydes is 1. The number of imidazole rings is 1. The highest BCUT2D eigenvalue weighted by Crippen LogP contribution is 2.27. The van der Waals surface area contributed by atoms with Crippen molar-refractivity contribution < 1.29 is 4.79 Å². The molecule has 0 aliphatic heterocycles. The van der Waals surface area contributed by atoms with Gasteiger partial charge in [-0.05, 0) is 37.5 Å². The molecule has 102 valence electrons. The van der Waals surface area contributed by atoms with Crippen LogP contribution >= 0.6 is 11.3 Å². The Morgan fingerprint density at radius 2 is 1.95 bits per heavy atom. The Labute approximate surface area is 121 Å². The van der Waals surface area contributed by atoms with Crippen LogP contribution in [-0.2, 0) is 6.42 Å². The van der Waals surface area contributed by atoms with Gasteiger partial charge in [0.05, 0.1) is 6.20 Å². The van der Waals surface area contributed by atoms with Gasteiger partial charge in [-0.2, -0.15) is 0 Å². The molecule has 0 fully saturated rings. The first-order chi connectivity index (χ1) is 9.61. The van der Waals surface area contributed by atoms with Gasteiger partial charge in [0.1, 0.15) is 5.69 Å². The maximum atomic E-state index is 11.1. The van der Waals surface area contributed by atoms with Gasteiger partial charge in [0.15, 0.2) is 11.2 Å². The Bertz CT molecular complexity index is 778. The highest BCUT2D eigenvalue weighted by molar-refractivity contribution is 7.17. The number of nitrogens with zero attached hydrogens (tertiary/aromatic N) is 2. The number of benzene rings is 1. The Morgan fingerprint density at radius 1 is 1.25 bits per heavy atom. The first-order valence-electron chi connectivity index (χ1n) is 6.58. The number of carbonyl (C=O) groups excluding carboxylic acids is 1. The molecule has 0 atom stereocenters. The number of thiazole rings is 1. The van der Waals surface area contributed by atoms with Crippen molar-refractivity contribution in [1.82, 2.24) is 9.38 Å². The monoisotopic (exact) mass is 284 g/mol. The zero-order chi connectivity index (χ0) is 14.3. The highest BCUT2D eigenvalue weighted by Gasteiger charge is 2.14. The van der Waals surface area contributed by atoms with E-state index in [9.17, 15) is 4.79 Å². The van der Waals surface area contributed by atoms with Gasteiger partial charge in [0.2, 0.25) is 0 Å². The van der Waals surface area contributed by atoms with Crippen LogP contribution in [0.4, 0.5) is 0 Å². The molecule has 1 aromatic carbocycles. The highest BCUT2D eigenvalue weighted by atomic mass is 32.1. The maximum Gasteiger partial charge on any atom is 0.194 e. The molecule has 0 bridgehead atoms. The second-order valence-corrected chi connectivity index (χ2v) is 6.14. The van der Waals surface area contributed by atoms with Crippen LogP contribution in [0.3, 0.4) is 0 Å². The molecule has 0 aliphatic rings. The van der Waals surface area contributed by atoms with E-state index in [1.165, 1.54) is 21.6 Å². The molecule has 0 saturated heterocycles. The topological polar surface area (TPSA) is 34.4 Å². The third-order valence-electron chi connectivity index (χ3n) is 3.81. The lowest BCUT2D eigenvalue weighted by atomic mass is 9.99. The van der Waals surface area contributed by atoms with Crippen molar-refractivity contribution in [2.45, 2.75) is 27.2 Å². The molecule has 0 aliphatic carbocycles. The van der Waals surface area contributed by atoms with Gasteiger partial charge in [-0.1, -0.05) is 18.2 Å².